The van der Waals surface area contributed by atoms with Gasteiger partial charge in [-0.15, -0.1) is 0 Å². The molecule has 32 heavy (non-hydrogen) atoms. The maximum atomic E-state index is 13.5. The lowest BCUT2D eigenvalue weighted by atomic mass is 10.0. The minimum Gasteiger partial charge on any atom is -0.411 e. The first-order valence-corrected chi connectivity index (χ1v) is 10.4. The number of rotatable bonds is 7. The van der Waals surface area contributed by atoms with E-state index in [2.05, 4.69) is 36.5 Å². The normalized spacial score (nSPS) is 11.7. The van der Waals surface area contributed by atoms with Crippen LogP contribution in [0, 0.1) is 12.7 Å². The quantitative estimate of drug-likeness (QED) is 0.176. The van der Waals surface area contributed by atoms with Gasteiger partial charge >= 0.3 is 0 Å². The van der Waals surface area contributed by atoms with Crippen LogP contribution in [0.1, 0.15) is 33.0 Å². The van der Waals surface area contributed by atoms with E-state index in [1.807, 2.05) is 37.3 Å². The summed E-state index contributed by atoms with van der Waals surface area (Å²) in [7, 11) is 0. The third kappa shape index (κ3) is 4.35. The largest absolute Gasteiger partial charge is 0.411 e. The molecule has 2 aromatic carbocycles. The molecule has 0 aliphatic carbocycles. The number of halogens is 2. The minimum absolute atomic E-state index is 0.119. The van der Waals surface area contributed by atoms with Gasteiger partial charge < -0.3 is 5.21 Å². The number of carbonyl (C=O) groups excluding carboxylic acids is 1. The van der Waals surface area contributed by atoms with E-state index in [1.165, 1.54) is 12.3 Å². The molecule has 0 aliphatic rings. The van der Waals surface area contributed by atoms with E-state index in [0.717, 1.165) is 5.69 Å². The van der Waals surface area contributed by atoms with Crippen molar-refractivity contribution in [2.75, 3.05) is 0 Å². The van der Waals surface area contributed by atoms with Crippen LogP contribution in [0.15, 0.2) is 69.0 Å². The molecule has 0 amide bonds. The molecular formula is C22H17BrFN5O3. The van der Waals surface area contributed by atoms with Crippen molar-refractivity contribution in [3.63, 3.8) is 0 Å². The summed E-state index contributed by atoms with van der Waals surface area (Å²) in [5.74, 6) is -0.638. The van der Waals surface area contributed by atoms with Crippen LogP contribution in [0.5, 0.6) is 0 Å². The first-order chi connectivity index (χ1) is 15.5. The fourth-order valence-corrected chi connectivity index (χ4v) is 3.74. The topological polar surface area (TPSA) is 106 Å². The zero-order valence-electron chi connectivity index (χ0n) is 16.9. The van der Waals surface area contributed by atoms with Gasteiger partial charge in [0.15, 0.2) is 11.5 Å². The van der Waals surface area contributed by atoms with Crippen LogP contribution in [0.4, 0.5) is 4.39 Å². The van der Waals surface area contributed by atoms with Crippen LogP contribution in [-0.4, -0.2) is 36.8 Å². The monoisotopic (exact) mass is 497 g/mol. The summed E-state index contributed by atoms with van der Waals surface area (Å²) in [5.41, 5.74) is 3.17. The number of Topliss-reactive ketones (excluding diaryl/α,β-unsaturated/α-hetero) is 1. The lowest BCUT2D eigenvalue weighted by molar-refractivity contribution is 0.0990. The predicted octanol–water partition coefficient (Wildman–Crippen LogP) is 4.31. The van der Waals surface area contributed by atoms with Gasteiger partial charge in [0.2, 0.25) is 0 Å². The van der Waals surface area contributed by atoms with Crippen LogP contribution >= 0.6 is 15.9 Å². The highest BCUT2D eigenvalue weighted by Crippen LogP contribution is 2.20. The Hall–Kier alpha value is -3.66. The molecule has 4 aromatic rings. The lowest BCUT2D eigenvalue weighted by Gasteiger charge is -2.06. The number of para-hydroxylation sites is 1. The second-order valence-electron chi connectivity index (χ2n) is 7.02. The molecule has 0 atom stereocenters. The molecule has 0 saturated heterocycles. The number of ketones is 1. The molecule has 0 spiro atoms. The van der Waals surface area contributed by atoms with Crippen LogP contribution in [0.25, 0.3) is 5.69 Å². The summed E-state index contributed by atoms with van der Waals surface area (Å²) < 4.78 is 20.3. The maximum Gasteiger partial charge on any atom is 0.172 e. The lowest BCUT2D eigenvalue weighted by Crippen LogP contribution is -2.13. The average molecular weight is 498 g/mol. The van der Waals surface area contributed by atoms with E-state index in [-0.39, 0.29) is 40.2 Å². The smallest absolute Gasteiger partial charge is 0.172 e. The fourth-order valence-electron chi connectivity index (χ4n) is 3.31. The summed E-state index contributed by atoms with van der Waals surface area (Å²) in [6, 6.07) is 13.9. The zero-order chi connectivity index (χ0) is 22.7. The summed E-state index contributed by atoms with van der Waals surface area (Å²) in [6.07, 6.45) is 1.52. The summed E-state index contributed by atoms with van der Waals surface area (Å²) in [5, 5.41) is 24.8. The van der Waals surface area contributed by atoms with Gasteiger partial charge in [-0.1, -0.05) is 34.6 Å². The second-order valence-corrected chi connectivity index (χ2v) is 7.88. The first-order valence-electron chi connectivity index (χ1n) is 9.58. The highest BCUT2D eigenvalue weighted by molar-refractivity contribution is 9.10. The molecule has 0 bridgehead atoms. The first kappa shape index (κ1) is 21.6. The third-order valence-corrected chi connectivity index (χ3v) is 5.55. The molecular weight excluding hydrogens is 481 g/mol. The highest BCUT2D eigenvalue weighted by atomic mass is 79.9. The summed E-state index contributed by atoms with van der Waals surface area (Å²) >= 11 is 3.13. The van der Waals surface area contributed by atoms with Crippen molar-refractivity contribution in [2.45, 2.75) is 19.8 Å². The van der Waals surface area contributed by atoms with Crippen LogP contribution in [0.3, 0.4) is 0 Å². The number of hydrogen-bond acceptors (Lipinski definition) is 7. The number of benzene rings is 2. The van der Waals surface area contributed by atoms with Crippen molar-refractivity contribution < 1.29 is 19.0 Å². The van der Waals surface area contributed by atoms with Crippen molar-refractivity contribution in [1.82, 2.24) is 20.1 Å². The number of hydrogen-bond donors (Lipinski definition) is 1. The zero-order valence-corrected chi connectivity index (χ0v) is 18.5. The maximum absolute atomic E-state index is 13.5. The Morgan fingerprint density at radius 1 is 1.19 bits per heavy atom. The average Bonchev–Trinajstić information content (AvgIpc) is 3.41. The van der Waals surface area contributed by atoms with E-state index in [1.54, 1.807) is 16.8 Å². The molecule has 10 heteroatoms. The number of carbonyl (C=O) groups is 1. The van der Waals surface area contributed by atoms with Gasteiger partial charge in [-0.3, -0.25) is 4.79 Å². The fraction of sp³-hybridized carbons (Fsp3) is 0.136. The van der Waals surface area contributed by atoms with Gasteiger partial charge in [0.1, 0.15) is 17.2 Å². The van der Waals surface area contributed by atoms with Gasteiger partial charge in [0, 0.05) is 6.42 Å². The van der Waals surface area contributed by atoms with Crippen LogP contribution in [-0.2, 0) is 12.8 Å². The van der Waals surface area contributed by atoms with E-state index in [0.29, 0.717) is 16.8 Å². The third-order valence-electron chi connectivity index (χ3n) is 4.95. The Bertz CT molecular complexity index is 1300. The van der Waals surface area contributed by atoms with Gasteiger partial charge in [-0.05, 0) is 57.8 Å². The molecule has 0 radical (unpaired) electrons. The molecule has 0 fully saturated rings. The standard InChI is InChI=1S/C22H17BrFN5O3/c1-13-16(12-25-29(13)15-5-3-2-4-6-15)21(30)11-20-22(28-32-27-20)19(26-31)10-14-7-8-18(24)17(23)9-14/h2-9,12,31H,10-11H2,1H3. The molecule has 0 aliphatic heterocycles. The van der Waals surface area contributed by atoms with Gasteiger partial charge in [-0.2, -0.15) is 5.10 Å². The van der Waals surface area contributed by atoms with Crippen molar-refractivity contribution >= 4 is 27.4 Å². The molecule has 0 saturated carbocycles. The van der Waals surface area contributed by atoms with Gasteiger partial charge in [0.05, 0.1) is 34.0 Å². The predicted molar refractivity (Wildman–Crippen MR) is 117 cm³/mol. The Morgan fingerprint density at radius 3 is 2.69 bits per heavy atom. The van der Waals surface area contributed by atoms with Crippen molar-refractivity contribution in [3.8, 4) is 5.69 Å². The van der Waals surface area contributed by atoms with Gasteiger partial charge in [0.25, 0.3) is 0 Å². The Morgan fingerprint density at radius 2 is 1.97 bits per heavy atom. The molecule has 162 valence electrons. The van der Waals surface area contributed by atoms with Crippen molar-refractivity contribution in [1.29, 1.82) is 0 Å². The summed E-state index contributed by atoms with van der Waals surface area (Å²) in [4.78, 5) is 13.0. The van der Waals surface area contributed by atoms with Crippen LogP contribution in [0.2, 0.25) is 0 Å². The molecule has 8 nitrogen and oxygen atoms in total. The van der Waals surface area contributed by atoms with E-state index in [9.17, 15) is 14.4 Å². The molecule has 4 rings (SSSR count). The number of nitrogens with zero attached hydrogens (tertiary/aromatic N) is 5. The van der Waals surface area contributed by atoms with E-state index < -0.39 is 5.82 Å². The SMILES string of the molecule is Cc1c(C(=O)Cc2nonc2C(Cc2ccc(F)c(Br)c2)=NO)cnn1-c1ccccc1. The van der Waals surface area contributed by atoms with Crippen LogP contribution < -0.4 is 0 Å². The van der Waals surface area contributed by atoms with E-state index in [4.69, 9.17) is 4.63 Å². The van der Waals surface area contributed by atoms with E-state index >= 15 is 0 Å². The van der Waals surface area contributed by atoms with Gasteiger partial charge in [-0.25, -0.2) is 13.7 Å². The summed E-state index contributed by atoms with van der Waals surface area (Å²) in [6.45, 7) is 1.81. The Balaban J connectivity index is 1.55. The van der Waals surface area contributed by atoms with Crippen molar-refractivity contribution in [2.24, 2.45) is 5.16 Å². The molecule has 1 N–H and O–H groups in total. The number of oxime groups is 1. The highest BCUT2D eigenvalue weighted by Gasteiger charge is 2.23. The molecule has 2 aromatic heterocycles. The minimum atomic E-state index is -0.406. The molecule has 0 unspecified atom stereocenters. The number of aromatic nitrogens is 4. The Kier molecular flexibility index (Phi) is 6.22. The second kappa shape index (κ2) is 9.23. The van der Waals surface area contributed by atoms with Crippen molar-refractivity contribution in [3.05, 3.63) is 93.2 Å². The Labute approximate surface area is 190 Å². The molecule has 2 heterocycles.